The molecule has 0 aliphatic carbocycles. The molecule has 0 fully saturated rings. The van der Waals surface area contributed by atoms with Crippen LogP contribution in [0.15, 0.2) is 42.5 Å². The normalized spacial score (nSPS) is 10.6. The van der Waals surface area contributed by atoms with Gasteiger partial charge in [-0.05, 0) is 43.7 Å². The van der Waals surface area contributed by atoms with Gasteiger partial charge in [-0.1, -0.05) is 31.0 Å². The van der Waals surface area contributed by atoms with E-state index >= 15 is 0 Å². The number of carbonyl (C=O) groups excluding carboxylic acids is 1. The summed E-state index contributed by atoms with van der Waals surface area (Å²) >= 11 is 0. The highest BCUT2D eigenvalue weighted by atomic mass is 19.4. The van der Waals surface area contributed by atoms with E-state index in [2.05, 4.69) is 12.2 Å². The number of halogens is 3. The molecule has 32 heavy (non-hydrogen) atoms. The van der Waals surface area contributed by atoms with Crippen LogP contribution in [0.1, 0.15) is 46.0 Å². The number of nitrogens with one attached hydrogen (secondary N) is 1. The molecular formula is C22H25F3N2O5. The number of aromatic carboxylic acids is 1. The summed E-state index contributed by atoms with van der Waals surface area (Å²) in [4.78, 5) is 34.8. The van der Waals surface area contributed by atoms with Gasteiger partial charge in [0.25, 0.3) is 5.91 Å². The van der Waals surface area contributed by atoms with Crippen LogP contribution >= 0.6 is 0 Å². The van der Waals surface area contributed by atoms with Gasteiger partial charge in [0.2, 0.25) is 0 Å². The van der Waals surface area contributed by atoms with Crippen LogP contribution in [0.25, 0.3) is 0 Å². The monoisotopic (exact) mass is 454 g/mol. The van der Waals surface area contributed by atoms with Crippen LogP contribution in [-0.4, -0.2) is 47.8 Å². The first-order valence-electron chi connectivity index (χ1n) is 9.63. The molecule has 10 heteroatoms. The maximum absolute atomic E-state index is 12.6. The van der Waals surface area contributed by atoms with Crippen molar-refractivity contribution in [1.29, 1.82) is 0 Å². The van der Waals surface area contributed by atoms with Gasteiger partial charge in [0, 0.05) is 19.2 Å². The Morgan fingerprint density at radius 3 is 2.16 bits per heavy atom. The second-order valence-electron chi connectivity index (χ2n) is 6.94. The number of aliphatic carboxylic acids is 1. The first kappa shape index (κ1) is 26.5. The zero-order chi connectivity index (χ0) is 24.5. The number of amides is 1. The van der Waals surface area contributed by atoms with E-state index in [0.717, 1.165) is 30.6 Å². The van der Waals surface area contributed by atoms with Gasteiger partial charge in [0.1, 0.15) is 0 Å². The summed E-state index contributed by atoms with van der Waals surface area (Å²) in [5, 5.41) is 19.2. The Labute approximate surface area is 183 Å². The van der Waals surface area contributed by atoms with Gasteiger partial charge in [-0.2, -0.15) is 13.2 Å². The first-order chi connectivity index (χ1) is 14.9. The molecule has 0 atom stereocenters. The Morgan fingerprint density at radius 1 is 1.03 bits per heavy atom. The van der Waals surface area contributed by atoms with Gasteiger partial charge in [-0.3, -0.25) is 4.79 Å². The molecule has 7 nitrogen and oxygen atoms in total. The number of carboxylic acid groups (broad SMARTS) is 2. The van der Waals surface area contributed by atoms with Gasteiger partial charge < -0.3 is 20.4 Å². The Balaban J connectivity index is 0.000000633. The van der Waals surface area contributed by atoms with Crippen molar-refractivity contribution < 1.29 is 37.8 Å². The molecule has 2 rings (SSSR count). The molecule has 2 aromatic carbocycles. The number of carbonyl (C=O) groups is 3. The Morgan fingerprint density at radius 2 is 1.66 bits per heavy atom. The predicted molar refractivity (Wildman–Crippen MR) is 114 cm³/mol. The van der Waals surface area contributed by atoms with E-state index in [-0.39, 0.29) is 11.5 Å². The molecule has 0 radical (unpaired) electrons. The maximum atomic E-state index is 12.6. The van der Waals surface area contributed by atoms with Gasteiger partial charge >= 0.3 is 18.1 Å². The number of alkyl halides is 3. The highest BCUT2D eigenvalue weighted by Crippen LogP contribution is 2.27. The average Bonchev–Trinajstić information content (AvgIpc) is 2.71. The highest BCUT2D eigenvalue weighted by Gasteiger charge is 2.38. The molecule has 0 aromatic heterocycles. The lowest BCUT2D eigenvalue weighted by molar-refractivity contribution is -0.192. The summed E-state index contributed by atoms with van der Waals surface area (Å²) < 4.78 is 31.7. The Kier molecular flexibility index (Phi) is 9.70. The van der Waals surface area contributed by atoms with Gasteiger partial charge in [-0.15, -0.1) is 0 Å². The number of carboxylic acids is 2. The van der Waals surface area contributed by atoms with Crippen LogP contribution in [0.3, 0.4) is 0 Å². The van der Waals surface area contributed by atoms with E-state index in [0.29, 0.717) is 11.3 Å². The third kappa shape index (κ3) is 8.29. The molecule has 3 N–H and O–H groups in total. The van der Waals surface area contributed by atoms with E-state index in [1.165, 1.54) is 6.07 Å². The molecule has 0 aliphatic rings. The highest BCUT2D eigenvalue weighted by molar-refractivity contribution is 6.06. The minimum Gasteiger partial charge on any atom is -0.478 e. The number of anilines is 2. The van der Waals surface area contributed by atoms with E-state index in [9.17, 15) is 27.9 Å². The number of unbranched alkanes of at least 4 members (excludes halogenated alkanes) is 1. The predicted octanol–water partition coefficient (Wildman–Crippen LogP) is 4.82. The molecule has 174 valence electrons. The quantitative estimate of drug-likeness (QED) is 0.554. The van der Waals surface area contributed by atoms with Crippen molar-refractivity contribution in [2.24, 2.45) is 0 Å². The minimum atomic E-state index is -5.08. The first-order valence-corrected chi connectivity index (χ1v) is 9.63. The van der Waals surface area contributed by atoms with Crippen LogP contribution in [0.5, 0.6) is 0 Å². The molecule has 0 heterocycles. The number of rotatable bonds is 7. The summed E-state index contributed by atoms with van der Waals surface area (Å²) in [6, 6.07) is 12.1. The van der Waals surface area contributed by atoms with Crippen molar-refractivity contribution in [3.63, 3.8) is 0 Å². The smallest absolute Gasteiger partial charge is 0.478 e. The van der Waals surface area contributed by atoms with Gasteiger partial charge in [0.15, 0.2) is 0 Å². The van der Waals surface area contributed by atoms with Crippen LogP contribution in [-0.2, 0) is 4.79 Å². The standard InChI is InChI=1S/C20H24N2O3.C2HF3O2/c1-4-5-11-22(3)18-10-9-16(20(24)25)13-17(18)21-19(23)15-8-6-7-14(2)12-15;3-2(4,5)1(6)7/h6-10,12-13H,4-5,11H2,1-3H3,(H,21,23)(H,24,25);(H,6,7). The summed E-state index contributed by atoms with van der Waals surface area (Å²) in [5.41, 5.74) is 2.99. The fourth-order valence-corrected chi connectivity index (χ4v) is 2.60. The van der Waals surface area contributed by atoms with Crippen LogP contribution in [0, 0.1) is 6.92 Å². The number of nitrogens with zero attached hydrogens (tertiary/aromatic N) is 1. The maximum Gasteiger partial charge on any atom is 0.490 e. The second-order valence-corrected chi connectivity index (χ2v) is 6.94. The molecule has 0 saturated heterocycles. The van der Waals surface area contributed by atoms with E-state index in [1.54, 1.807) is 24.3 Å². The number of aryl methyl sites for hydroxylation is 1. The van der Waals surface area contributed by atoms with Crippen LogP contribution in [0.4, 0.5) is 24.5 Å². The van der Waals surface area contributed by atoms with Crippen molar-refractivity contribution in [3.05, 3.63) is 59.2 Å². The van der Waals surface area contributed by atoms with Crippen molar-refractivity contribution in [1.82, 2.24) is 0 Å². The van der Waals surface area contributed by atoms with Crippen molar-refractivity contribution in [2.45, 2.75) is 32.9 Å². The molecule has 1 amide bonds. The molecule has 0 spiro atoms. The lowest BCUT2D eigenvalue weighted by Crippen LogP contribution is -2.22. The Hall–Kier alpha value is -3.56. The van der Waals surface area contributed by atoms with Crippen molar-refractivity contribution >= 4 is 29.2 Å². The number of benzene rings is 2. The number of hydrogen-bond donors (Lipinski definition) is 3. The lowest BCUT2D eigenvalue weighted by Gasteiger charge is -2.23. The fraction of sp³-hybridized carbons (Fsp3) is 0.318. The molecular weight excluding hydrogens is 429 g/mol. The zero-order valence-electron chi connectivity index (χ0n) is 17.9. The minimum absolute atomic E-state index is 0.146. The molecule has 2 aromatic rings. The third-order valence-corrected chi connectivity index (χ3v) is 4.27. The van der Waals surface area contributed by atoms with Gasteiger partial charge in [0.05, 0.1) is 16.9 Å². The summed E-state index contributed by atoms with van der Waals surface area (Å²) in [7, 11) is 1.94. The van der Waals surface area contributed by atoms with E-state index < -0.39 is 18.1 Å². The topological polar surface area (TPSA) is 107 Å². The van der Waals surface area contributed by atoms with E-state index in [4.69, 9.17) is 9.90 Å². The largest absolute Gasteiger partial charge is 0.490 e. The van der Waals surface area contributed by atoms with Gasteiger partial charge in [-0.25, -0.2) is 9.59 Å². The zero-order valence-corrected chi connectivity index (χ0v) is 17.9. The summed E-state index contributed by atoms with van der Waals surface area (Å²) in [5.74, 6) is -4.03. The van der Waals surface area contributed by atoms with E-state index in [1.807, 2.05) is 31.0 Å². The fourth-order valence-electron chi connectivity index (χ4n) is 2.60. The Bertz CT molecular complexity index is 961. The van der Waals surface area contributed by atoms with Crippen molar-refractivity contribution in [3.8, 4) is 0 Å². The lowest BCUT2D eigenvalue weighted by atomic mass is 10.1. The molecule has 0 bridgehead atoms. The molecule has 0 aliphatic heterocycles. The van der Waals surface area contributed by atoms with Crippen LogP contribution in [0.2, 0.25) is 0 Å². The SMILES string of the molecule is CCCCN(C)c1ccc(C(=O)O)cc1NC(=O)c1cccc(C)c1.O=C(O)C(F)(F)F. The molecule has 0 saturated carbocycles. The third-order valence-electron chi connectivity index (χ3n) is 4.27. The van der Waals surface area contributed by atoms with Crippen molar-refractivity contribution in [2.75, 3.05) is 23.8 Å². The average molecular weight is 454 g/mol. The number of hydrogen-bond acceptors (Lipinski definition) is 4. The summed E-state index contributed by atoms with van der Waals surface area (Å²) in [6.45, 7) is 4.86. The van der Waals surface area contributed by atoms with Crippen LogP contribution < -0.4 is 10.2 Å². The molecule has 0 unspecified atom stereocenters. The second kappa shape index (κ2) is 11.7. The summed E-state index contributed by atoms with van der Waals surface area (Å²) in [6.07, 6.45) is -3.01.